The summed E-state index contributed by atoms with van der Waals surface area (Å²) in [5, 5.41) is 3.84. The Morgan fingerprint density at radius 2 is 2.10 bits per heavy atom. The van der Waals surface area contributed by atoms with Gasteiger partial charge in [-0.05, 0) is 31.2 Å². The lowest BCUT2D eigenvalue weighted by molar-refractivity contribution is 0.770. The lowest BCUT2D eigenvalue weighted by atomic mass is 10.1. The van der Waals surface area contributed by atoms with Gasteiger partial charge < -0.3 is 5.32 Å². The number of aromatic nitrogens is 2. The monoisotopic (exact) mass is 287 g/mol. The van der Waals surface area contributed by atoms with Crippen molar-refractivity contribution in [2.24, 2.45) is 5.92 Å². The molecular weight excluding hydrogens is 270 g/mol. The van der Waals surface area contributed by atoms with Crippen molar-refractivity contribution < 1.29 is 0 Å². The first-order chi connectivity index (χ1) is 9.69. The van der Waals surface area contributed by atoms with E-state index in [0.717, 1.165) is 30.5 Å². The molecule has 2 aromatic rings. The summed E-state index contributed by atoms with van der Waals surface area (Å²) >= 11 is 6.07. The van der Waals surface area contributed by atoms with Crippen molar-refractivity contribution in [3.05, 3.63) is 52.4 Å². The molecule has 0 bridgehead atoms. The summed E-state index contributed by atoms with van der Waals surface area (Å²) in [4.78, 5) is 8.84. The van der Waals surface area contributed by atoms with Gasteiger partial charge in [-0.2, -0.15) is 0 Å². The smallest absolute Gasteiger partial charge is 0.134 e. The van der Waals surface area contributed by atoms with E-state index in [-0.39, 0.29) is 0 Å². The molecule has 0 atom stereocenters. The summed E-state index contributed by atoms with van der Waals surface area (Å²) in [5.41, 5.74) is 2.50. The predicted octanol–water partition coefficient (Wildman–Crippen LogP) is 4.00. The van der Waals surface area contributed by atoms with Gasteiger partial charge in [-0.1, -0.05) is 41.4 Å². The van der Waals surface area contributed by atoms with Crippen molar-refractivity contribution >= 4 is 17.4 Å². The molecule has 0 saturated heterocycles. The van der Waals surface area contributed by atoms with Crippen LogP contribution in [-0.2, 0) is 13.0 Å². The quantitative estimate of drug-likeness (QED) is 0.845. The Hall–Kier alpha value is -1.61. The molecule has 1 heterocycles. The molecule has 0 aliphatic heterocycles. The van der Waals surface area contributed by atoms with Gasteiger partial charge in [0, 0.05) is 19.0 Å². The average molecular weight is 288 g/mol. The van der Waals surface area contributed by atoms with Crippen LogP contribution in [-0.4, -0.2) is 9.97 Å². The van der Waals surface area contributed by atoms with Crippen molar-refractivity contribution in [2.75, 3.05) is 5.32 Å². The van der Waals surface area contributed by atoms with Crippen LogP contribution in [0.25, 0.3) is 0 Å². The molecule has 20 heavy (non-hydrogen) atoms. The van der Waals surface area contributed by atoms with E-state index in [0.29, 0.717) is 5.15 Å². The van der Waals surface area contributed by atoms with Gasteiger partial charge in [0.25, 0.3) is 0 Å². The minimum atomic E-state index is 0.516. The van der Waals surface area contributed by atoms with E-state index in [1.54, 1.807) is 6.07 Å². The minimum absolute atomic E-state index is 0.516. The standard InChI is InChI=1S/C16H18ClN3/c1-11-3-2-4-13(7-11)10-18-15-9-14(17)19-16(20-15)8-12-5-6-12/h2-4,7,9,12H,5-6,8,10H2,1H3,(H,18,19,20). The van der Waals surface area contributed by atoms with Crippen molar-refractivity contribution in [2.45, 2.75) is 32.7 Å². The Balaban J connectivity index is 1.68. The first-order valence-corrected chi connectivity index (χ1v) is 7.40. The number of nitrogens with one attached hydrogen (secondary N) is 1. The fourth-order valence-corrected chi connectivity index (χ4v) is 2.44. The van der Waals surface area contributed by atoms with E-state index >= 15 is 0 Å². The fourth-order valence-electron chi connectivity index (χ4n) is 2.24. The second kappa shape index (κ2) is 5.80. The lowest BCUT2D eigenvalue weighted by Crippen LogP contribution is -2.05. The van der Waals surface area contributed by atoms with Crippen LogP contribution in [0, 0.1) is 12.8 Å². The molecule has 1 aromatic heterocycles. The number of hydrogen-bond acceptors (Lipinski definition) is 3. The van der Waals surface area contributed by atoms with Gasteiger partial charge in [0.1, 0.15) is 16.8 Å². The highest BCUT2D eigenvalue weighted by atomic mass is 35.5. The molecule has 1 fully saturated rings. The van der Waals surface area contributed by atoms with Crippen LogP contribution < -0.4 is 5.32 Å². The normalized spacial score (nSPS) is 14.3. The van der Waals surface area contributed by atoms with Crippen LogP contribution in [0.1, 0.15) is 29.8 Å². The Bertz CT molecular complexity index is 608. The summed E-state index contributed by atoms with van der Waals surface area (Å²) in [6.45, 7) is 2.84. The molecule has 1 aromatic carbocycles. The molecule has 0 unspecified atom stereocenters. The van der Waals surface area contributed by atoms with Crippen molar-refractivity contribution in [3.63, 3.8) is 0 Å². The van der Waals surface area contributed by atoms with Gasteiger partial charge in [0.15, 0.2) is 0 Å². The van der Waals surface area contributed by atoms with Gasteiger partial charge in [0.05, 0.1) is 0 Å². The molecule has 1 aliphatic carbocycles. The number of halogens is 1. The van der Waals surface area contributed by atoms with Crippen molar-refractivity contribution in [1.29, 1.82) is 0 Å². The van der Waals surface area contributed by atoms with E-state index < -0.39 is 0 Å². The Morgan fingerprint density at radius 3 is 2.85 bits per heavy atom. The maximum Gasteiger partial charge on any atom is 0.134 e. The zero-order valence-electron chi connectivity index (χ0n) is 11.6. The number of benzene rings is 1. The maximum atomic E-state index is 6.07. The Morgan fingerprint density at radius 1 is 1.25 bits per heavy atom. The lowest BCUT2D eigenvalue weighted by Gasteiger charge is -2.08. The number of nitrogens with zero attached hydrogens (tertiary/aromatic N) is 2. The van der Waals surface area contributed by atoms with Gasteiger partial charge in [-0.15, -0.1) is 0 Å². The predicted molar refractivity (Wildman–Crippen MR) is 82.0 cm³/mol. The Labute approximate surface area is 124 Å². The molecule has 3 nitrogen and oxygen atoms in total. The van der Waals surface area contributed by atoms with Gasteiger partial charge in [0.2, 0.25) is 0 Å². The van der Waals surface area contributed by atoms with Gasteiger partial charge >= 0.3 is 0 Å². The Kier molecular flexibility index (Phi) is 3.88. The number of rotatable bonds is 5. The summed E-state index contributed by atoms with van der Waals surface area (Å²) in [5.74, 6) is 2.42. The molecular formula is C16H18ClN3. The third kappa shape index (κ3) is 3.70. The summed E-state index contributed by atoms with van der Waals surface area (Å²) in [7, 11) is 0. The van der Waals surface area contributed by atoms with Crippen LogP contribution in [0.5, 0.6) is 0 Å². The van der Waals surface area contributed by atoms with E-state index in [1.807, 2.05) is 0 Å². The molecule has 1 N–H and O–H groups in total. The molecule has 0 amide bonds. The van der Waals surface area contributed by atoms with Gasteiger partial charge in [-0.3, -0.25) is 0 Å². The molecule has 1 aliphatic rings. The zero-order chi connectivity index (χ0) is 13.9. The summed E-state index contributed by atoms with van der Waals surface area (Å²) in [6, 6.07) is 10.2. The number of anilines is 1. The summed E-state index contributed by atoms with van der Waals surface area (Å²) in [6.07, 6.45) is 3.53. The second-order valence-corrected chi connectivity index (χ2v) is 5.87. The number of aryl methyl sites for hydroxylation is 1. The van der Waals surface area contributed by atoms with Crippen LogP contribution in [0.3, 0.4) is 0 Å². The second-order valence-electron chi connectivity index (χ2n) is 5.48. The largest absolute Gasteiger partial charge is 0.366 e. The zero-order valence-corrected chi connectivity index (χ0v) is 12.3. The van der Waals surface area contributed by atoms with Crippen LogP contribution >= 0.6 is 11.6 Å². The van der Waals surface area contributed by atoms with E-state index in [1.165, 1.54) is 24.0 Å². The molecule has 4 heteroatoms. The third-order valence-electron chi connectivity index (χ3n) is 3.47. The van der Waals surface area contributed by atoms with Crippen LogP contribution in [0.2, 0.25) is 5.15 Å². The van der Waals surface area contributed by atoms with Crippen molar-refractivity contribution in [1.82, 2.24) is 9.97 Å². The fraction of sp³-hybridized carbons (Fsp3) is 0.375. The SMILES string of the molecule is Cc1cccc(CNc2cc(Cl)nc(CC3CC3)n2)c1. The van der Waals surface area contributed by atoms with E-state index in [2.05, 4.69) is 46.5 Å². The van der Waals surface area contributed by atoms with Gasteiger partial charge in [-0.25, -0.2) is 9.97 Å². The van der Waals surface area contributed by atoms with Crippen LogP contribution in [0.15, 0.2) is 30.3 Å². The maximum absolute atomic E-state index is 6.07. The molecule has 0 spiro atoms. The molecule has 0 radical (unpaired) electrons. The molecule has 3 rings (SSSR count). The van der Waals surface area contributed by atoms with E-state index in [9.17, 15) is 0 Å². The summed E-state index contributed by atoms with van der Waals surface area (Å²) < 4.78 is 0. The molecule has 1 saturated carbocycles. The average Bonchev–Trinajstić information content (AvgIpc) is 3.20. The number of hydrogen-bond donors (Lipinski definition) is 1. The first kappa shape index (κ1) is 13.4. The van der Waals surface area contributed by atoms with E-state index in [4.69, 9.17) is 11.6 Å². The highest BCUT2D eigenvalue weighted by molar-refractivity contribution is 6.29. The van der Waals surface area contributed by atoms with Crippen molar-refractivity contribution in [3.8, 4) is 0 Å². The third-order valence-corrected chi connectivity index (χ3v) is 3.66. The van der Waals surface area contributed by atoms with Crippen LogP contribution in [0.4, 0.5) is 5.82 Å². The first-order valence-electron chi connectivity index (χ1n) is 7.02. The topological polar surface area (TPSA) is 37.8 Å². The molecule has 104 valence electrons. The minimum Gasteiger partial charge on any atom is -0.366 e. The highest BCUT2D eigenvalue weighted by Crippen LogP contribution is 2.32. The highest BCUT2D eigenvalue weighted by Gasteiger charge is 2.23.